The van der Waals surface area contributed by atoms with Gasteiger partial charge in [-0.1, -0.05) is 18.2 Å². The van der Waals surface area contributed by atoms with Crippen LogP contribution in [0, 0.1) is 0 Å². The Kier molecular flexibility index (Phi) is 3.53. The molecule has 0 aliphatic carbocycles. The summed E-state index contributed by atoms with van der Waals surface area (Å²) < 4.78 is 27.7. The number of phenols is 2. The summed E-state index contributed by atoms with van der Waals surface area (Å²) in [6, 6.07) is 10.9. The molecular formula is C15H13N3O4S. The fraction of sp³-hybridized carbons (Fsp3) is 0.0667. The molecule has 2 aromatic rings. The second-order valence-corrected chi connectivity index (χ2v) is 6.44. The van der Waals surface area contributed by atoms with Gasteiger partial charge in [0.1, 0.15) is 4.90 Å². The first kappa shape index (κ1) is 15.0. The fourth-order valence-electron chi connectivity index (χ4n) is 2.18. The van der Waals surface area contributed by atoms with Crippen LogP contribution in [0.4, 0.5) is 0 Å². The number of fused-ring (bicyclic) bond motifs is 1. The molecule has 1 heterocycles. The van der Waals surface area contributed by atoms with Gasteiger partial charge >= 0.3 is 0 Å². The third-order valence-electron chi connectivity index (χ3n) is 3.34. The number of rotatable bonds is 2. The highest BCUT2D eigenvalue weighted by Crippen LogP contribution is 2.28. The SMILES string of the molecule is CN(N=Cc1cccc(O)c1O)C1=NS(=O)(=O)c2ccccc21. The van der Waals surface area contributed by atoms with Crippen LogP contribution in [-0.4, -0.2) is 42.7 Å². The van der Waals surface area contributed by atoms with Gasteiger partial charge in [-0.2, -0.15) is 13.5 Å². The van der Waals surface area contributed by atoms with Crippen LogP contribution in [0.2, 0.25) is 0 Å². The molecule has 7 nitrogen and oxygen atoms in total. The molecule has 8 heteroatoms. The average Bonchev–Trinajstić information content (AvgIpc) is 2.81. The molecule has 0 saturated carbocycles. The Balaban J connectivity index is 1.95. The predicted molar refractivity (Wildman–Crippen MR) is 85.3 cm³/mol. The minimum atomic E-state index is -3.71. The number of benzene rings is 2. The van der Waals surface area contributed by atoms with E-state index in [1.165, 1.54) is 23.4 Å². The van der Waals surface area contributed by atoms with Gasteiger partial charge < -0.3 is 10.2 Å². The molecule has 0 amide bonds. The van der Waals surface area contributed by atoms with Crippen LogP contribution in [0.5, 0.6) is 11.5 Å². The number of amidine groups is 1. The van der Waals surface area contributed by atoms with Gasteiger partial charge in [0.15, 0.2) is 17.3 Å². The smallest absolute Gasteiger partial charge is 0.285 e. The zero-order chi connectivity index (χ0) is 16.6. The number of sulfonamides is 1. The minimum absolute atomic E-state index is 0.136. The Bertz CT molecular complexity index is 935. The lowest BCUT2D eigenvalue weighted by atomic mass is 10.2. The number of phenolic OH excluding ortho intramolecular Hbond substituents is 2. The number of hydrazone groups is 1. The van der Waals surface area contributed by atoms with Gasteiger partial charge in [0.2, 0.25) is 0 Å². The van der Waals surface area contributed by atoms with E-state index in [9.17, 15) is 18.6 Å². The first-order chi connectivity index (χ1) is 10.9. The van der Waals surface area contributed by atoms with E-state index in [2.05, 4.69) is 9.50 Å². The molecule has 0 radical (unpaired) electrons. The van der Waals surface area contributed by atoms with Crippen molar-refractivity contribution < 1.29 is 18.6 Å². The molecular weight excluding hydrogens is 318 g/mol. The second kappa shape index (κ2) is 5.40. The van der Waals surface area contributed by atoms with Gasteiger partial charge in [-0.25, -0.2) is 5.01 Å². The maximum atomic E-state index is 12.0. The average molecular weight is 331 g/mol. The molecule has 0 bridgehead atoms. The maximum absolute atomic E-state index is 12.0. The fourth-order valence-corrected chi connectivity index (χ4v) is 3.41. The van der Waals surface area contributed by atoms with E-state index in [0.717, 1.165) is 0 Å². The van der Waals surface area contributed by atoms with Crippen molar-refractivity contribution in [3.8, 4) is 11.5 Å². The van der Waals surface area contributed by atoms with Crippen molar-refractivity contribution in [2.45, 2.75) is 4.90 Å². The molecule has 1 aliphatic rings. The number of aromatic hydroxyl groups is 2. The summed E-state index contributed by atoms with van der Waals surface area (Å²) in [7, 11) is -2.17. The van der Waals surface area contributed by atoms with E-state index in [-0.39, 0.29) is 22.2 Å². The normalized spacial score (nSPS) is 15.4. The van der Waals surface area contributed by atoms with E-state index >= 15 is 0 Å². The molecule has 2 N–H and O–H groups in total. The van der Waals surface area contributed by atoms with Crippen LogP contribution in [0.3, 0.4) is 0 Å². The van der Waals surface area contributed by atoms with Crippen molar-refractivity contribution in [2.24, 2.45) is 9.50 Å². The van der Waals surface area contributed by atoms with E-state index in [4.69, 9.17) is 0 Å². The predicted octanol–water partition coefficient (Wildman–Crippen LogP) is 1.51. The summed E-state index contributed by atoms with van der Waals surface area (Å²) >= 11 is 0. The highest BCUT2D eigenvalue weighted by atomic mass is 32.2. The molecule has 1 aliphatic heterocycles. The van der Waals surface area contributed by atoms with E-state index < -0.39 is 10.0 Å². The summed E-state index contributed by atoms with van der Waals surface area (Å²) in [4.78, 5) is 0.136. The first-order valence-corrected chi connectivity index (χ1v) is 8.07. The van der Waals surface area contributed by atoms with Crippen molar-refractivity contribution in [1.29, 1.82) is 0 Å². The Morgan fingerprint density at radius 1 is 1.13 bits per heavy atom. The van der Waals surface area contributed by atoms with Crippen molar-refractivity contribution in [3.05, 3.63) is 53.6 Å². The number of hydrogen-bond donors (Lipinski definition) is 2. The first-order valence-electron chi connectivity index (χ1n) is 6.63. The standard InChI is InChI=1S/C15H13N3O4S/c1-18(16-9-10-5-4-7-12(19)14(10)20)15-11-6-2-3-8-13(11)23(21,22)17-15/h2-9,19-20H,1H3. The lowest BCUT2D eigenvalue weighted by Gasteiger charge is -2.12. The third-order valence-corrected chi connectivity index (χ3v) is 4.66. The van der Waals surface area contributed by atoms with Crippen molar-refractivity contribution in [2.75, 3.05) is 7.05 Å². The van der Waals surface area contributed by atoms with Crippen LogP contribution in [0.15, 0.2) is 56.9 Å². The van der Waals surface area contributed by atoms with E-state index in [1.54, 1.807) is 37.4 Å². The van der Waals surface area contributed by atoms with Crippen molar-refractivity contribution in [1.82, 2.24) is 5.01 Å². The van der Waals surface area contributed by atoms with Crippen LogP contribution >= 0.6 is 0 Å². The molecule has 0 spiro atoms. The molecule has 118 valence electrons. The molecule has 0 unspecified atom stereocenters. The van der Waals surface area contributed by atoms with Gasteiger partial charge in [0.25, 0.3) is 10.0 Å². The van der Waals surface area contributed by atoms with Gasteiger partial charge in [-0.05, 0) is 24.3 Å². The van der Waals surface area contributed by atoms with Crippen LogP contribution in [0.25, 0.3) is 0 Å². The molecule has 2 aromatic carbocycles. The Morgan fingerprint density at radius 3 is 2.65 bits per heavy atom. The maximum Gasteiger partial charge on any atom is 0.285 e. The minimum Gasteiger partial charge on any atom is -0.504 e. The molecule has 0 aromatic heterocycles. The summed E-state index contributed by atoms with van der Waals surface area (Å²) in [6.45, 7) is 0. The zero-order valence-corrected chi connectivity index (χ0v) is 12.9. The largest absolute Gasteiger partial charge is 0.504 e. The Labute approximate surface area is 132 Å². The Morgan fingerprint density at radius 2 is 1.87 bits per heavy atom. The highest BCUT2D eigenvalue weighted by Gasteiger charge is 2.30. The summed E-state index contributed by atoms with van der Waals surface area (Å²) in [5.74, 6) is -0.370. The number of para-hydroxylation sites is 1. The van der Waals surface area contributed by atoms with Crippen molar-refractivity contribution in [3.63, 3.8) is 0 Å². The van der Waals surface area contributed by atoms with E-state index in [0.29, 0.717) is 11.1 Å². The summed E-state index contributed by atoms with van der Waals surface area (Å²) in [6.07, 6.45) is 1.31. The zero-order valence-electron chi connectivity index (χ0n) is 12.1. The van der Waals surface area contributed by atoms with E-state index in [1.807, 2.05) is 0 Å². The third kappa shape index (κ3) is 2.64. The van der Waals surface area contributed by atoms with Crippen LogP contribution in [0.1, 0.15) is 11.1 Å². The topological polar surface area (TPSA) is 103 Å². The molecule has 3 rings (SSSR count). The second-order valence-electron chi connectivity index (χ2n) is 4.87. The molecule has 23 heavy (non-hydrogen) atoms. The highest BCUT2D eigenvalue weighted by molar-refractivity contribution is 7.90. The molecule has 0 saturated heterocycles. The van der Waals surface area contributed by atoms with Crippen LogP contribution in [-0.2, 0) is 10.0 Å². The van der Waals surface area contributed by atoms with Crippen LogP contribution < -0.4 is 0 Å². The quantitative estimate of drug-likeness (QED) is 0.493. The van der Waals surface area contributed by atoms with Crippen molar-refractivity contribution >= 4 is 22.1 Å². The lowest BCUT2D eigenvalue weighted by molar-refractivity contribution is 0.403. The summed E-state index contributed by atoms with van der Waals surface area (Å²) in [5, 5.41) is 24.6. The molecule has 0 fully saturated rings. The Hall–Kier alpha value is -2.87. The van der Waals surface area contributed by atoms with Gasteiger partial charge in [-0.3, -0.25) is 0 Å². The monoisotopic (exact) mass is 331 g/mol. The number of hydrogen-bond acceptors (Lipinski definition) is 6. The summed E-state index contributed by atoms with van der Waals surface area (Å²) in [5.41, 5.74) is 0.763. The van der Waals surface area contributed by atoms with Gasteiger partial charge in [0.05, 0.1) is 6.21 Å². The number of nitrogens with zero attached hydrogens (tertiary/aromatic N) is 3. The molecule has 0 atom stereocenters. The van der Waals surface area contributed by atoms with Gasteiger partial charge in [-0.15, -0.1) is 4.40 Å². The van der Waals surface area contributed by atoms with Gasteiger partial charge in [0, 0.05) is 18.2 Å². The lowest BCUT2D eigenvalue weighted by Crippen LogP contribution is -2.21.